The zero-order valence-electron chi connectivity index (χ0n) is 9.32. The van der Waals surface area contributed by atoms with Crippen molar-refractivity contribution in [2.24, 2.45) is 0 Å². The van der Waals surface area contributed by atoms with Gasteiger partial charge in [0.05, 0.1) is 19.8 Å². The Balaban J connectivity index is 4.06. The van der Waals surface area contributed by atoms with Crippen molar-refractivity contribution in [1.29, 1.82) is 0 Å². The topological polar surface area (TPSA) is 56.8 Å². The van der Waals surface area contributed by atoms with Crippen LogP contribution < -0.4 is 5.09 Å². The van der Waals surface area contributed by atoms with E-state index < -0.39 is 6.64 Å². The van der Waals surface area contributed by atoms with Crippen LogP contribution in [0.15, 0.2) is 0 Å². The van der Waals surface area contributed by atoms with E-state index in [2.05, 4.69) is 5.09 Å². The van der Waals surface area contributed by atoms with Crippen LogP contribution in [0.1, 0.15) is 20.8 Å². The molecule has 7 heteroatoms. The molecule has 0 aromatic rings. The SMILES string of the molecule is CCOC(=O)CNP(=S)(OCC)OCC. The Morgan fingerprint density at radius 1 is 1.20 bits per heavy atom. The number of nitrogens with one attached hydrogen (secondary N) is 1. The van der Waals surface area contributed by atoms with Gasteiger partial charge < -0.3 is 13.8 Å². The van der Waals surface area contributed by atoms with Crippen LogP contribution in [0.5, 0.6) is 0 Å². The molecule has 0 unspecified atom stereocenters. The van der Waals surface area contributed by atoms with Crippen LogP contribution in [0.2, 0.25) is 0 Å². The fraction of sp³-hybridized carbons (Fsp3) is 0.875. The third-order valence-electron chi connectivity index (χ3n) is 1.32. The standard InChI is InChI=1S/C8H18NO4PS/c1-4-11-8(10)7-9-14(15,12-5-2)13-6-3/h4-7H2,1-3H3,(H,9,15). The van der Waals surface area contributed by atoms with E-state index in [1.165, 1.54) is 0 Å². The fourth-order valence-corrected chi connectivity index (χ4v) is 2.93. The van der Waals surface area contributed by atoms with Gasteiger partial charge in [-0.2, -0.15) is 0 Å². The van der Waals surface area contributed by atoms with Crippen molar-refractivity contribution in [3.8, 4) is 0 Å². The minimum absolute atomic E-state index is 0.0190. The Bertz CT molecular complexity index is 227. The molecule has 0 spiro atoms. The third kappa shape index (κ3) is 6.98. The first-order chi connectivity index (χ1) is 7.08. The van der Waals surface area contributed by atoms with E-state index in [-0.39, 0.29) is 12.5 Å². The molecule has 0 bridgehead atoms. The maximum absolute atomic E-state index is 11.1. The molecule has 0 aliphatic carbocycles. The van der Waals surface area contributed by atoms with Gasteiger partial charge in [0.15, 0.2) is 0 Å². The Morgan fingerprint density at radius 3 is 2.13 bits per heavy atom. The molecule has 0 radical (unpaired) electrons. The van der Waals surface area contributed by atoms with Crippen molar-refractivity contribution in [3.63, 3.8) is 0 Å². The van der Waals surface area contributed by atoms with Gasteiger partial charge in [0.25, 0.3) is 6.64 Å². The predicted octanol–water partition coefficient (Wildman–Crippen LogP) is 1.44. The Morgan fingerprint density at radius 2 is 1.73 bits per heavy atom. The fourth-order valence-electron chi connectivity index (χ4n) is 0.842. The first kappa shape index (κ1) is 15.0. The molecule has 0 fully saturated rings. The van der Waals surface area contributed by atoms with Crippen LogP contribution >= 0.6 is 6.64 Å². The molecule has 1 N–H and O–H groups in total. The zero-order valence-corrected chi connectivity index (χ0v) is 11.0. The van der Waals surface area contributed by atoms with Gasteiger partial charge in [0.1, 0.15) is 6.54 Å². The van der Waals surface area contributed by atoms with Crippen LogP contribution in [0.3, 0.4) is 0 Å². The molecule has 0 aromatic heterocycles. The van der Waals surface area contributed by atoms with Gasteiger partial charge in [0, 0.05) is 0 Å². The summed E-state index contributed by atoms with van der Waals surface area (Å²) in [6.45, 7) is 4.16. The number of carbonyl (C=O) groups is 1. The molecule has 0 rings (SSSR count). The minimum Gasteiger partial charge on any atom is -0.465 e. The van der Waals surface area contributed by atoms with Gasteiger partial charge in [0.2, 0.25) is 0 Å². The van der Waals surface area contributed by atoms with Gasteiger partial charge in [-0.3, -0.25) is 4.79 Å². The van der Waals surface area contributed by atoms with E-state index >= 15 is 0 Å². The van der Waals surface area contributed by atoms with Crippen molar-refractivity contribution >= 4 is 24.4 Å². The van der Waals surface area contributed by atoms with E-state index in [1.54, 1.807) is 6.92 Å². The van der Waals surface area contributed by atoms with Crippen molar-refractivity contribution in [3.05, 3.63) is 0 Å². The molecule has 15 heavy (non-hydrogen) atoms. The first-order valence-corrected chi connectivity index (χ1v) is 7.51. The van der Waals surface area contributed by atoms with E-state index in [0.717, 1.165) is 0 Å². The van der Waals surface area contributed by atoms with E-state index in [1.807, 2.05) is 13.8 Å². The lowest BCUT2D eigenvalue weighted by molar-refractivity contribution is -0.141. The van der Waals surface area contributed by atoms with Crippen molar-refractivity contribution in [1.82, 2.24) is 5.09 Å². The van der Waals surface area contributed by atoms with Gasteiger partial charge in [-0.15, -0.1) is 0 Å². The van der Waals surface area contributed by atoms with Gasteiger partial charge in [-0.05, 0) is 32.6 Å². The average Bonchev–Trinajstić information content (AvgIpc) is 2.16. The summed E-state index contributed by atoms with van der Waals surface area (Å²) in [6, 6.07) is 0. The van der Waals surface area contributed by atoms with Crippen LogP contribution in [0, 0.1) is 0 Å². The number of esters is 1. The summed E-state index contributed by atoms with van der Waals surface area (Å²) < 4.78 is 15.3. The summed E-state index contributed by atoms with van der Waals surface area (Å²) in [6.07, 6.45) is 0. The lowest BCUT2D eigenvalue weighted by Gasteiger charge is -2.21. The Hall–Kier alpha value is -0.0000000000000000694. The second-order valence-corrected chi connectivity index (χ2v) is 5.74. The molecule has 0 saturated carbocycles. The van der Waals surface area contributed by atoms with E-state index in [0.29, 0.717) is 19.8 Å². The molecule has 0 saturated heterocycles. The summed E-state index contributed by atoms with van der Waals surface area (Å²) in [7, 11) is 0. The summed E-state index contributed by atoms with van der Waals surface area (Å²) >= 11 is 5.15. The normalized spacial score (nSPS) is 11.4. The van der Waals surface area contributed by atoms with Crippen molar-refractivity contribution < 1.29 is 18.6 Å². The second-order valence-electron chi connectivity index (χ2n) is 2.47. The molecule has 0 aromatic carbocycles. The zero-order chi connectivity index (χ0) is 11.7. The molecule has 0 heterocycles. The predicted molar refractivity (Wildman–Crippen MR) is 62.2 cm³/mol. The quantitative estimate of drug-likeness (QED) is 0.523. The van der Waals surface area contributed by atoms with Crippen LogP contribution in [-0.4, -0.2) is 32.3 Å². The summed E-state index contributed by atoms with van der Waals surface area (Å²) in [5, 5.41) is 2.79. The van der Waals surface area contributed by atoms with Gasteiger partial charge >= 0.3 is 5.97 Å². The average molecular weight is 255 g/mol. The molecule has 90 valence electrons. The maximum Gasteiger partial charge on any atom is 0.320 e. The van der Waals surface area contributed by atoms with E-state index in [4.69, 9.17) is 25.6 Å². The third-order valence-corrected chi connectivity index (χ3v) is 4.08. The van der Waals surface area contributed by atoms with Gasteiger partial charge in [-0.25, -0.2) is 5.09 Å². The van der Waals surface area contributed by atoms with Crippen LogP contribution in [0.25, 0.3) is 0 Å². The largest absolute Gasteiger partial charge is 0.465 e. The summed E-state index contributed by atoms with van der Waals surface area (Å²) in [4.78, 5) is 11.1. The minimum atomic E-state index is -2.51. The lowest BCUT2D eigenvalue weighted by Crippen LogP contribution is -2.24. The molecule has 0 amide bonds. The smallest absolute Gasteiger partial charge is 0.320 e. The number of carbonyl (C=O) groups excluding carboxylic acids is 1. The number of rotatable bonds is 8. The van der Waals surface area contributed by atoms with Crippen LogP contribution in [-0.2, 0) is 30.4 Å². The molecule has 0 aliphatic heterocycles. The highest BCUT2D eigenvalue weighted by molar-refractivity contribution is 8.09. The molecular weight excluding hydrogens is 237 g/mol. The van der Waals surface area contributed by atoms with Crippen molar-refractivity contribution in [2.45, 2.75) is 20.8 Å². The summed E-state index contributed by atoms with van der Waals surface area (Å²) in [5.41, 5.74) is 0. The molecule has 5 nitrogen and oxygen atoms in total. The van der Waals surface area contributed by atoms with Crippen LogP contribution in [0.4, 0.5) is 0 Å². The van der Waals surface area contributed by atoms with E-state index in [9.17, 15) is 4.79 Å². The highest BCUT2D eigenvalue weighted by Crippen LogP contribution is 2.43. The first-order valence-electron chi connectivity index (χ1n) is 4.87. The lowest BCUT2D eigenvalue weighted by atomic mass is 10.7. The highest BCUT2D eigenvalue weighted by Gasteiger charge is 2.18. The number of ether oxygens (including phenoxy) is 1. The van der Waals surface area contributed by atoms with Gasteiger partial charge in [-0.1, -0.05) is 0 Å². The number of hydrogen-bond donors (Lipinski definition) is 1. The molecule has 0 aliphatic rings. The summed E-state index contributed by atoms with van der Waals surface area (Å²) in [5.74, 6) is -0.355. The molecular formula is C8H18NO4PS. The second kappa shape index (κ2) is 8.19. The maximum atomic E-state index is 11.1. The number of hydrogen-bond acceptors (Lipinski definition) is 5. The molecule has 0 atom stereocenters. The Kier molecular flexibility index (Phi) is 8.19. The highest BCUT2D eigenvalue weighted by atomic mass is 32.5. The monoisotopic (exact) mass is 255 g/mol. The Labute approximate surface area is 95.7 Å². The van der Waals surface area contributed by atoms with Crippen molar-refractivity contribution in [2.75, 3.05) is 26.4 Å².